The SMILES string of the molecule is Cc1cccc(-n2nc(C)c(C(=O)O)c(C)c2=O)c1. The van der Waals surface area contributed by atoms with Gasteiger partial charge in [-0.25, -0.2) is 4.79 Å². The number of aromatic nitrogens is 2. The summed E-state index contributed by atoms with van der Waals surface area (Å²) in [6.45, 7) is 5.01. The summed E-state index contributed by atoms with van der Waals surface area (Å²) in [5, 5.41) is 13.2. The van der Waals surface area contributed by atoms with Crippen LogP contribution in [0.5, 0.6) is 0 Å². The van der Waals surface area contributed by atoms with Crippen molar-refractivity contribution in [1.29, 1.82) is 0 Å². The second-order valence-electron chi connectivity index (χ2n) is 4.45. The molecular weight excluding hydrogens is 244 g/mol. The lowest BCUT2D eigenvalue weighted by Gasteiger charge is -2.10. The highest BCUT2D eigenvalue weighted by Crippen LogP contribution is 2.11. The van der Waals surface area contributed by atoms with E-state index in [0.717, 1.165) is 5.56 Å². The zero-order valence-corrected chi connectivity index (χ0v) is 11.0. The second-order valence-corrected chi connectivity index (χ2v) is 4.45. The molecule has 0 amide bonds. The number of carbonyl (C=O) groups is 1. The van der Waals surface area contributed by atoms with Crippen LogP contribution in [0.25, 0.3) is 5.69 Å². The molecule has 2 rings (SSSR count). The molecule has 1 aromatic carbocycles. The number of rotatable bonds is 2. The highest BCUT2D eigenvalue weighted by Gasteiger charge is 2.17. The van der Waals surface area contributed by atoms with E-state index >= 15 is 0 Å². The molecule has 0 atom stereocenters. The fraction of sp³-hybridized carbons (Fsp3) is 0.214. The molecule has 0 bridgehead atoms. The quantitative estimate of drug-likeness (QED) is 0.892. The monoisotopic (exact) mass is 258 g/mol. The van der Waals surface area contributed by atoms with Crippen LogP contribution in [0, 0.1) is 20.8 Å². The normalized spacial score (nSPS) is 10.5. The lowest BCUT2D eigenvalue weighted by atomic mass is 10.1. The molecule has 0 saturated heterocycles. The van der Waals surface area contributed by atoms with Crippen LogP contribution in [0.4, 0.5) is 0 Å². The number of aromatic carboxylic acids is 1. The maximum Gasteiger partial charge on any atom is 0.338 e. The molecule has 0 radical (unpaired) electrons. The van der Waals surface area contributed by atoms with Crippen molar-refractivity contribution >= 4 is 5.97 Å². The van der Waals surface area contributed by atoms with Crippen molar-refractivity contribution in [2.75, 3.05) is 0 Å². The minimum absolute atomic E-state index is 0.0195. The Morgan fingerprint density at radius 2 is 1.95 bits per heavy atom. The third kappa shape index (κ3) is 2.27. The molecule has 1 N–H and O–H groups in total. The standard InChI is InChI=1S/C14H14N2O3/c1-8-5-4-6-11(7-8)16-13(17)9(2)12(14(18)19)10(3)15-16/h4-7H,1-3H3,(H,18,19). The van der Waals surface area contributed by atoms with E-state index in [2.05, 4.69) is 5.10 Å². The van der Waals surface area contributed by atoms with Crippen LogP contribution in [0.1, 0.15) is 27.2 Å². The number of hydrogen-bond acceptors (Lipinski definition) is 3. The summed E-state index contributed by atoms with van der Waals surface area (Å²) in [6, 6.07) is 7.34. The van der Waals surface area contributed by atoms with Crippen LogP contribution in [0.15, 0.2) is 29.1 Å². The van der Waals surface area contributed by atoms with E-state index in [4.69, 9.17) is 5.11 Å². The summed E-state index contributed by atoms with van der Waals surface area (Å²) in [5.41, 5.74) is 1.73. The van der Waals surface area contributed by atoms with E-state index in [1.165, 1.54) is 11.6 Å². The Hall–Kier alpha value is -2.43. The average Bonchev–Trinajstić information content (AvgIpc) is 2.33. The molecule has 5 heteroatoms. The first kappa shape index (κ1) is 13.0. The molecule has 0 spiro atoms. The Kier molecular flexibility index (Phi) is 3.21. The lowest BCUT2D eigenvalue weighted by molar-refractivity contribution is 0.0694. The van der Waals surface area contributed by atoms with Crippen molar-refractivity contribution in [2.24, 2.45) is 0 Å². The van der Waals surface area contributed by atoms with Crippen LogP contribution >= 0.6 is 0 Å². The Balaban J connectivity index is 2.74. The Morgan fingerprint density at radius 3 is 2.53 bits per heavy atom. The van der Waals surface area contributed by atoms with E-state index in [1.54, 1.807) is 13.0 Å². The summed E-state index contributed by atoms with van der Waals surface area (Å²) in [6.07, 6.45) is 0. The smallest absolute Gasteiger partial charge is 0.338 e. The van der Waals surface area contributed by atoms with Crippen LogP contribution in [-0.2, 0) is 0 Å². The fourth-order valence-corrected chi connectivity index (χ4v) is 2.03. The number of aryl methyl sites for hydroxylation is 2. The van der Waals surface area contributed by atoms with Crippen molar-refractivity contribution in [3.8, 4) is 5.69 Å². The zero-order valence-electron chi connectivity index (χ0n) is 11.0. The molecule has 1 heterocycles. The van der Waals surface area contributed by atoms with Crippen molar-refractivity contribution in [2.45, 2.75) is 20.8 Å². The van der Waals surface area contributed by atoms with Gasteiger partial charge in [0, 0.05) is 5.56 Å². The van der Waals surface area contributed by atoms with Gasteiger partial charge in [-0.1, -0.05) is 12.1 Å². The van der Waals surface area contributed by atoms with Crippen molar-refractivity contribution in [1.82, 2.24) is 9.78 Å². The largest absolute Gasteiger partial charge is 0.478 e. The Labute approximate surface area is 110 Å². The molecule has 2 aromatic rings. The molecule has 19 heavy (non-hydrogen) atoms. The van der Waals surface area contributed by atoms with Crippen LogP contribution < -0.4 is 5.56 Å². The number of hydrogen-bond donors (Lipinski definition) is 1. The van der Waals surface area contributed by atoms with Gasteiger partial charge in [-0.15, -0.1) is 0 Å². The predicted octanol–water partition coefficient (Wildman–Crippen LogP) is 1.86. The predicted molar refractivity (Wildman–Crippen MR) is 71.0 cm³/mol. The molecule has 0 aliphatic carbocycles. The summed E-state index contributed by atoms with van der Waals surface area (Å²) in [4.78, 5) is 23.3. The molecule has 0 aliphatic rings. The van der Waals surface area contributed by atoms with Gasteiger partial charge < -0.3 is 5.11 Å². The zero-order chi connectivity index (χ0) is 14.2. The summed E-state index contributed by atoms with van der Waals surface area (Å²) in [7, 11) is 0. The van der Waals surface area contributed by atoms with E-state index in [9.17, 15) is 9.59 Å². The van der Waals surface area contributed by atoms with Gasteiger partial charge in [-0.3, -0.25) is 4.79 Å². The van der Waals surface area contributed by atoms with E-state index in [-0.39, 0.29) is 11.1 Å². The van der Waals surface area contributed by atoms with Crippen LogP contribution in [0.3, 0.4) is 0 Å². The van der Waals surface area contributed by atoms with Crippen LogP contribution in [-0.4, -0.2) is 20.9 Å². The van der Waals surface area contributed by atoms with Gasteiger partial charge in [0.2, 0.25) is 0 Å². The third-order valence-electron chi connectivity index (χ3n) is 2.96. The number of benzene rings is 1. The summed E-state index contributed by atoms with van der Waals surface area (Å²) < 4.78 is 1.24. The molecule has 0 aliphatic heterocycles. The molecule has 0 saturated carbocycles. The highest BCUT2D eigenvalue weighted by atomic mass is 16.4. The van der Waals surface area contributed by atoms with Gasteiger partial charge in [0.25, 0.3) is 5.56 Å². The first-order valence-electron chi connectivity index (χ1n) is 5.82. The highest BCUT2D eigenvalue weighted by molar-refractivity contribution is 5.90. The molecule has 98 valence electrons. The van der Waals surface area contributed by atoms with E-state index < -0.39 is 11.5 Å². The van der Waals surface area contributed by atoms with Gasteiger partial charge >= 0.3 is 5.97 Å². The molecule has 5 nitrogen and oxygen atoms in total. The maximum atomic E-state index is 12.2. The molecule has 1 aromatic heterocycles. The van der Waals surface area contributed by atoms with Gasteiger partial charge in [0.15, 0.2) is 0 Å². The topological polar surface area (TPSA) is 72.2 Å². The molecule has 0 fully saturated rings. The number of carboxylic acids is 1. The lowest BCUT2D eigenvalue weighted by Crippen LogP contribution is -2.27. The van der Waals surface area contributed by atoms with Gasteiger partial charge in [0.05, 0.1) is 16.9 Å². The Morgan fingerprint density at radius 1 is 1.26 bits per heavy atom. The molecule has 0 unspecified atom stereocenters. The number of carboxylic acid groups (broad SMARTS) is 1. The number of nitrogens with zero attached hydrogens (tertiary/aromatic N) is 2. The van der Waals surface area contributed by atoms with Gasteiger partial charge in [0.1, 0.15) is 0 Å². The van der Waals surface area contributed by atoms with Gasteiger partial charge in [-0.05, 0) is 38.5 Å². The first-order chi connectivity index (χ1) is 8.91. The van der Waals surface area contributed by atoms with E-state index in [1.807, 2.05) is 25.1 Å². The minimum atomic E-state index is -1.13. The molecular formula is C14H14N2O3. The Bertz CT molecular complexity index is 717. The van der Waals surface area contributed by atoms with Gasteiger partial charge in [-0.2, -0.15) is 9.78 Å². The second kappa shape index (κ2) is 4.68. The third-order valence-corrected chi connectivity index (χ3v) is 2.96. The summed E-state index contributed by atoms with van der Waals surface area (Å²) >= 11 is 0. The van der Waals surface area contributed by atoms with Crippen molar-refractivity contribution < 1.29 is 9.90 Å². The first-order valence-corrected chi connectivity index (χ1v) is 5.82. The van der Waals surface area contributed by atoms with Crippen molar-refractivity contribution in [3.05, 3.63) is 57.0 Å². The van der Waals surface area contributed by atoms with E-state index in [0.29, 0.717) is 11.4 Å². The summed E-state index contributed by atoms with van der Waals surface area (Å²) in [5.74, 6) is -1.13. The van der Waals surface area contributed by atoms with Crippen LogP contribution in [0.2, 0.25) is 0 Å². The maximum absolute atomic E-state index is 12.2. The minimum Gasteiger partial charge on any atom is -0.478 e. The average molecular weight is 258 g/mol. The fourth-order valence-electron chi connectivity index (χ4n) is 2.03. The van der Waals surface area contributed by atoms with Crippen molar-refractivity contribution in [3.63, 3.8) is 0 Å².